The summed E-state index contributed by atoms with van der Waals surface area (Å²) in [7, 11) is 0. The lowest BCUT2D eigenvalue weighted by atomic mass is 10.2. The summed E-state index contributed by atoms with van der Waals surface area (Å²) in [6.07, 6.45) is 0. The van der Waals surface area contributed by atoms with Gasteiger partial charge >= 0.3 is 0 Å². The lowest BCUT2D eigenvalue weighted by Crippen LogP contribution is -2.38. The number of nitrogens with zero attached hydrogens (tertiary/aromatic N) is 4. The highest BCUT2D eigenvalue weighted by Gasteiger charge is 2.19. The van der Waals surface area contributed by atoms with E-state index in [-0.39, 0.29) is 30.7 Å². The van der Waals surface area contributed by atoms with Gasteiger partial charge in [-0.2, -0.15) is 0 Å². The van der Waals surface area contributed by atoms with Crippen molar-refractivity contribution in [3.8, 4) is 0 Å². The molecule has 37 heavy (non-hydrogen) atoms. The van der Waals surface area contributed by atoms with Gasteiger partial charge in [-0.15, -0.1) is 0 Å². The van der Waals surface area contributed by atoms with Crippen molar-refractivity contribution in [1.29, 1.82) is 0 Å². The van der Waals surface area contributed by atoms with Crippen LogP contribution in [0.25, 0.3) is 0 Å². The number of rotatable bonds is 9. The van der Waals surface area contributed by atoms with Gasteiger partial charge in [-0.1, -0.05) is 35.5 Å². The zero-order chi connectivity index (χ0) is 26.2. The molecule has 3 aromatic rings. The molecular weight excluding hydrogens is 510 g/mol. The predicted octanol–water partition coefficient (Wildman–Crippen LogP) is 4.34. The molecule has 194 valence electrons. The highest BCUT2D eigenvalue weighted by atomic mass is 35.5. The third kappa shape index (κ3) is 8.18. The second kappa shape index (κ2) is 12.9. The number of hydrogen-bond acceptors (Lipinski definition) is 7. The summed E-state index contributed by atoms with van der Waals surface area (Å²) in [5.74, 6) is -0.326. The van der Waals surface area contributed by atoms with Crippen LogP contribution in [0.4, 0.5) is 11.4 Å². The zero-order valence-electron chi connectivity index (χ0n) is 20.9. The largest absolute Gasteiger partial charge is 0.378 e. The fraction of sp³-hybridized carbons (Fsp3) is 0.333. The van der Waals surface area contributed by atoms with Crippen LogP contribution in [0.3, 0.4) is 0 Å². The number of morpholine rings is 1. The van der Waals surface area contributed by atoms with Crippen LogP contribution in [0.2, 0.25) is 5.02 Å². The van der Waals surface area contributed by atoms with E-state index < -0.39 is 0 Å². The molecule has 4 rings (SSSR count). The molecule has 0 saturated carbocycles. The number of carbonyl (C=O) groups is 2. The van der Waals surface area contributed by atoms with E-state index in [0.717, 1.165) is 35.7 Å². The molecule has 0 aliphatic carbocycles. The fourth-order valence-corrected chi connectivity index (χ4v) is 4.95. The highest BCUT2D eigenvalue weighted by molar-refractivity contribution is 7.99. The van der Waals surface area contributed by atoms with E-state index in [1.165, 1.54) is 16.7 Å². The van der Waals surface area contributed by atoms with Crippen LogP contribution in [0.5, 0.6) is 0 Å². The number of hydrogen-bond donors (Lipinski definition) is 1. The van der Waals surface area contributed by atoms with Gasteiger partial charge in [0.2, 0.25) is 11.8 Å². The summed E-state index contributed by atoms with van der Waals surface area (Å²) in [6.45, 7) is 7.11. The van der Waals surface area contributed by atoms with Crippen molar-refractivity contribution >= 4 is 46.6 Å². The molecule has 0 radical (unpaired) electrons. The van der Waals surface area contributed by atoms with Crippen molar-refractivity contribution in [2.75, 3.05) is 48.8 Å². The zero-order valence-corrected chi connectivity index (χ0v) is 22.5. The van der Waals surface area contributed by atoms with E-state index in [1.807, 2.05) is 56.3 Å². The van der Waals surface area contributed by atoms with Crippen molar-refractivity contribution < 1.29 is 14.3 Å². The molecule has 0 unspecified atom stereocenters. The maximum absolute atomic E-state index is 13.2. The van der Waals surface area contributed by atoms with Crippen LogP contribution in [0.15, 0.2) is 59.8 Å². The van der Waals surface area contributed by atoms with Gasteiger partial charge in [0, 0.05) is 47.4 Å². The maximum atomic E-state index is 13.2. The van der Waals surface area contributed by atoms with E-state index in [2.05, 4.69) is 20.2 Å². The minimum Gasteiger partial charge on any atom is -0.378 e. The van der Waals surface area contributed by atoms with Gasteiger partial charge in [0.15, 0.2) is 5.16 Å². The summed E-state index contributed by atoms with van der Waals surface area (Å²) in [6, 6.07) is 16.9. The Hall–Kier alpha value is -3.14. The monoisotopic (exact) mass is 539 g/mol. The molecule has 1 aromatic heterocycles. The molecule has 1 aliphatic heterocycles. The van der Waals surface area contributed by atoms with E-state index >= 15 is 0 Å². The van der Waals surface area contributed by atoms with Crippen molar-refractivity contribution in [3.05, 3.63) is 76.6 Å². The maximum Gasteiger partial charge on any atom is 0.244 e. The first kappa shape index (κ1) is 26.9. The van der Waals surface area contributed by atoms with E-state index in [0.29, 0.717) is 29.1 Å². The number of carbonyl (C=O) groups excluding carboxylic acids is 2. The standard InChI is InChI=1S/C27H30ClN5O3S/c1-19-15-20(2)30-27(29-19)37-18-26(35)33(16-21-3-5-22(28)6-4-21)17-25(34)31-23-7-9-24(10-8-23)32-11-13-36-14-12-32/h3-10,15H,11-14,16-18H2,1-2H3,(H,31,34). The highest BCUT2D eigenvalue weighted by Crippen LogP contribution is 2.20. The summed E-state index contributed by atoms with van der Waals surface area (Å²) < 4.78 is 5.41. The first-order valence-corrected chi connectivity index (χ1v) is 13.4. The first-order chi connectivity index (χ1) is 17.9. The van der Waals surface area contributed by atoms with Gasteiger partial charge in [0.25, 0.3) is 0 Å². The van der Waals surface area contributed by atoms with Crippen molar-refractivity contribution in [2.24, 2.45) is 0 Å². The van der Waals surface area contributed by atoms with Gasteiger partial charge < -0.3 is 19.9 Å². The van der Waals surface area contributed by atoms with E-state index in [9.17, 15) is 9.59 Å². The Kier molecular flexibility index (Phi) is 9.38. The number of halogens is 1. The minimum absolute atomic E-state index is 0.0824. The van der Waals surface area contributed by atoms with Gasteiger partial charge in [-0.3, -0.25) is 9.59 Å². The Morgan fingerprint density at radius 3 is 2.32 bits per heavy atom. The molecular formula is C27H30ClN5O3S. The first-order valence-electron chi connectivity index (χ1n) is 12.1. The summed E-state index contributed by atoms with van der Waals surface area (Å²) in [4.78, 5) is 38.7. The number of amides is 2. The SMILES string of the molecule is Cc1cc(C)nc(SCC(=O)N(CC(=O)Nc2ccc(N3CCOCC3)cc2)Cc2ccc(Cl)cc2)n1. The van der Waals surface area contributed by atoms with Crippen molar-refractivity contribution in [2.45, 2.75) is 25.5 Å². The Balaban J connectivity index is 1.40. The number of aryl methyl sites for hydroxylation is 2. The smallest absolute Gasteiger partial charge is 0.244 e. The molecule has 1 aliphatic rings. The van der Waals surface area contributed by atoms with Crippen molar-refractivity contribution in [1.82, 2.24) is 14.9 Å². The molecule has 2 aromatic carbocycles. The number of aromatic nitrogens is 2. The van der Waals surface area contributed by atoms with Crippen LogP contribution >= 0.6 is 23.4 Å². The second-order valence-corrected chi connectivity index (χ2v) is 10.2. The lowest BCUT2D eigenvalue weighted by molar-refractivity contribution is -0.132. The Morgan fingerprint density at radius 2 is 1.68 bits per heavy atom. The predicted molar refractivity (Wildman–Crippen MR) is 147 cm³/mol. The molecule has 0 spiro atoms. The van der Waals surface area contributed by atoms with Crippen LogP contribution in [-0.4, -0.2) is 65.3 Å². The molecule has 2 heterocycles. The van der Waals surface area contributed by atoms with Gasteiger partial charge in [0.1, 0.15) is 6.54 Å². The number of thioether (sulfide) groups is 1. The molecule has 8 nitrogen and oxygen atoms in total. The summed E-state index contributed by atoms with van der Waals surface area (Å²) in [5, 5.41) is 4.07. The van der Waals surface area contributed by atoms with Gasteiger partial charge in [0.05, 0.1) is 19.0 Å². The Morgan fingerprint density at radius 1 is 1.03 bits per heavy atom. The second-order valence-electron chi connectivity index (χ2n) is 8.79. The van der Waals surface area contributed by atoms with E-state index in [1.54, 1.807) is 12.1 Å². The normalized spacial score (nSPS) is 13.3. The van der Waals surface area contributed by atoms with Crippen LogP contribution < -0.4 is 10.2 Å². The number of nitrogens with one attached hydrogen (secondary N) is 1. The average molecular weight is 540 g/mol. The molecule has 1 N–H and O–H groups in total. The molecule has 2 amide bonds. The van der Waals surface area contributed by atoms with Crippen molar-refractivity contribution in [3.63, 3.8) is 0 Å². The van der Waals surface area contributed by atoms with Crippen LogP contribution in [-0.2, 0) is 20.9 Å². The van der Waals surface area contributed by atoms with Gasteiger partial charge in [-0.25, -0.2) is 9.97 Å². The quantitative estimate of drug-likeness (QED) is 0.319. The third-order valence-electron chi connectivity index (χ3n) is 5.79. The number of ether oxygens (including phenoxy) is 1. The minimum atomic E-state index is -0.269. The molecule has 0 bridgehead atoms. The van der Waals surface area contributed by atoms with Crippen LogP contribution in [0.1, 0.15) is 17.0 Å². The third-order valence-corrected chi connectivity index (χ3v) is 6.87. The average Bonchev–Trinajstić information content (AvgIpc) is 2.88. The topological polar surface area (TPSA) is 87.7 Å². The summed E-state index contributed by atoms with van der Waals surface area (Å²) in [5.41, 5.74) is 4.34. The molecule has 1 fully saturated rings. The van der Waals surface area contributed by atoms with Gasteiger partial charge in [-0.05, 0) is 61.9 Å². The Labute approximate surface area is 226 Å². The molecule has 1 saturated heterocycles. The summed E-state index contributed by atoms with van der Waals surface area (Å²) >= 11 is 7.28. The fourth-order valence-electron chi connectivity index (χ4n) is 3.97. The Bertz CT molecular complexity index is 1200. The molecule has 10 heteroatoms. The lowest BCUT2D eigenvalue weighted by Gasteiger charge is -2.29. The number of anilines is 2. The van der Waals surface area contributed by atoms with E-state index in [4.69, 9.17) is 16.3 Å². The van der Waals surface area contributed by atoms with Crippen LogP contribution in [0, 0.1) is 13.8 Å². The molecule has 0 atom stereocenters. The number of benzene rings is 2.